The Morgan fingerprint density at radius 2 is 2.06 bits per heavy atom. The summed E-state index contributed by atoms with van der Waals surface area (Å²) in [6.45, 7) is 0.782. The van der Waals surface area contributed by atoms with Crippen LogP contribution < -0.4 is 10.1 Å². The molecule has 0 fully saturated rings. The van der Waals surface area contributed by atoms with Gasteiger partial charge in [0.25, 0.3) is 0 Å². The molecule has 0 bridgehead atoms. The van der Waals surface area contributed by atoms with E-state index in [4.69, 9.17) is 4.74 Å². The summed E-state index contributed by atoms with van der Waals surface area (Å²) in [6, 6.07) is 7.99. The molecule has 0 spiro atoms. The fourth-order valence-electron chi connectivity index (χ4n) is 1.93. The number of ether oxygens (including phenoxy) is 1. The van der Waals surface area contributed by atoms with Gasteiger partial charge in [-0.2, -0.15) is 5.10 Å². The topological polar surface area (TPSA) is 39.1 Å². The summed E-state index contributed by atoms with van der Waals surface area (Å²) in [5.74, 6) is 0.873. The predicted octanol–water partition coefficient (Wildman–Crippen LogP) is 1.82. The quantitative estimate of drug-likeness (QED) is 0.872. The Morgan fingerprint density at radius 1 is 1.29 bits per heavy atom. The van der Waals surface area contributed by atoms with E-state index in [0.29, 0.717) is 0 Å². The molecule has 1 N–H and O–H groups in total. The number of hydrogen-bond donors (Lipinski definition) is 1. The zero-order valence-corrected chi connectivity index (χ0v) is 10.4. The molecule has 0 aliphatic heterocycles. The third kappa shape index (κ3) is 2.17. The third-order valence-electron chi connectivity index (χ3n) is 2.80. The molecule has 90 valence electrons. The molecule has 0 amide bonds. The molecule has 1 heterocycles. The van der Waals surface area contributed by atoms with Crippen molar-refractivity contribution in [2.75, 3.05) is 14.2 Å². The van der Waals surface area contributed by atoms with Gasteiger partial charge in [-0.3, -0.25) is 4.68 Å². The van der Waals surface area contributed by atoms with E-state index in [2.05, 4.69) is 16.5 Å². The van der Waals surface area contributed by atoms with E-state index in [1.165, 1.54) is 0 Å². The van der Waals surface area contributed by atoms with E-state index in [9.17, 15) is 0 Å². The molecule has 1 aromatic heterocycles. The Labute approximate surface area is 101 Å². The lowest BCUT2D eigenvalue weighted by molar-refractivity contribution is 0.416. The number of rotatable bonds is 4. The average molecular weight is 231 g/mol. The molecule has 4 heteroatoms. The van der Waals surface area contributed by atoms with Gasteiger partial charge in [-0.1, -0.05) is 18.2 Å². The highest BCUT2D eigenvalue weighted by Gasteiger charge is 2.13. The smallest absolute Gasteiger partial charge is 0.126 e. The number of nitrogens with zero attached hydrogens (tertiary/aromatic N) is 2. The second kappa shape index (κ2) is 5.01. The normalized spacial score (nSPS) is 10.5. The molecule has 0 radical (unpaired) electrons. The first-order valence-corrected chi connectivity index (χ1v) is 5.56. The lowest BCUT2D eigenvalue weighted by atomic mass is 10.1. The maximum absolute atomic E-state index is 5.38. The van der Waals surface area contributed by atoms with Gasteiger partial charge in [0.1, 0.15) is 5.75 Å². The maximum Gasteiger partial charge on any atom is 0.126 e. The number of benzene rings is 1. The van der Waals surface area contributed by atoms with Gasteiger partial charge < -0.3 is 10.1 Å². The van der Waals surface area contributed by atoms with Gasteiger partial charge >= 0.3 is 0 Å². The van der Waals surface area contributed by atoms with Gasteiger partial charge in [-0.25, -0.2) is 0 Å². The third-order valence-corrected chi connectivity index (χ3v) is 2.80. The molecule has 0 aliphatic rings. The van der Waals surface area contributed by atoms with Crippen molar-refractivity contribution in [3.63, 3.8) is 0 Å². The van der Waals surface area contributed by atoms with Gasteiger partial charge in [-0.05, 0) is 13.1 Å². The Morgan fingerprint density at radius 3 is 2.76 bits per heavy atom. The van der Waals surface area contributed by atoms with Gasteiger partial charge in [-0.15, -0.1) is 0 Å². The van der Waals surface area contributed by atoms with Crippen LogP contribution in [0.15, 0.2) is 30.5 Å². The number of nitrogens with one attached hydrogen (secondary N) is 1. The van der Waals surface area contributed by atoms with Crippen molar-refractivity contribution in [2.45, 2.75) is 6.54 Å². The summed E-state index contributed by atoms with van der Waals surface area (Å²) >= 11 is 0. The van der Waals surface area contributed by atoms with Crippen LogP contribution in [0.3, 0.4) is 0 Å². The van der Waals surface area contributed by atoms with E-state index < -0.39 is 0 Å². The van der Waals surface area contributed by atoms with Gasteiger partial charge in [0.05, 0.1) is 19.0 Å². The van der Waals surface area contributed by atoms with E-state index in [0.717, 1.165) is 29.1 Å². The minimum absolute atomic E-state index is 0.782. The fourth-order valence-corrected chi connectivity index (χ4v) is 1.93. The average Bonchev–Trinajstić information content (AvgIpc) is 2.72. The minimum Gasteiger partial charge on any atom is -0.496 e. The van der Waals surface area contributed by atoms with Crippen molar-refractivity contribution in [2.24, 2.45) is 7.05 Å². The molecule has 0 saturated carbocycles. The molecule has 2 rings (SSSR count). The molecule has 0 unspecified atom stereocenters. The van der Waals surface area contributed by atoms with E-state index in [1.54, 1.807) is 7.11 Å². The Balaban J connectivity index is 2.52. The number of para-hydroxylation sites is 1. The van der Waals surface area contributed by atoms with Crippen LogP contribution in [0, 0.1) is 0 Å². The van der Waals surface area contributed by atoms with Crippen molar-refractivity contribution < 1.29 is 4.74 Å². The first kappa shape index (κ1) is 11.7. The van der Waals surface area contributed by atoms with Crippen molar-refractivity contribution in [1.82, 2.24) is 15.1 Å². The fraction of sp³-hybridized carbons (Fsp3) is 0.308. The molecular weight excluding hydrogens is 214 g/mol. The standard InChI is InChI=1S/C13H17N3O/c1-14-9-12-11(8-15-16(12)2)10-6-4-5-7-13(10)17-3/h4-8,14H,9H2,1-3H3. The summed E-state index contributed by atoms with van der Waals surface area (Å²) in [6.07, 6.45) is 1.88. The zero-order valence-electron chi connectivity index (χ0n) is 10.4. The Kier molecular flexibility index (Phi) is 3.44. The van der Waals surface area contributed by atoms with Crippen molar-refractivity contribution >= 4 is 0 Å². The van der Waals surface area contributed by atoms with Crippen LogP contribution in [0.1, 0.15) is 5.69 Å². The van der Waals surface area contributed by atoms with Crippen LogP contribution in [-0.2, 0) is 13.6 Å². The van der Waals surface area contributed by atoms with Crippen LogP contribution in [0.5, 0.6) is 5.75 Å². The molecule has 0 aliphatic carbocycles. The van der Waals surface area contributed by atoms with Crippen molar-refractivity contribution in [3.8, 4) is 16.9 Å². The number of aromatic nitrogens is 2. The zero-order chi connectivity index (χ0) is 12.3. The lowest BCUT2D eigenvalue weighted by Crippen LogP contribution is -2.10. The van der Waals surface area contributed by atoms with Crippen molar-refractivity contribution in [3.05, 3.63) is 36.2 Å². The van der Waals surface area contributed by atoms with E-state index >= 15 is 0 Å². The second-order valence-corrected chi connectivity index (χ2v) is 3.86. The van der Waals surface area contributed by atoms with E-state index in [-0.39, 0.29) is 0 Å². The molecule has 2 aromatic rings. The maximum atomic E-state index is 5.38. The predicted molar refractivity (Wildman–Crippen MR) is 68.0 cm³/mol. The Bertz CT molecular complexity index is 505. The molecule has 17 heavy (non-hydrogen) atoms. The number of methoxy groups -OCH3 is 1. The van der Waals surface area contributed by atoms with Gasteiger partial charge in [0.2, 0.25) is 0 Å². The molecular formula is C13H17N3O. The van der Waals surface area contributed by atoms with Crippen LogP contribution >= 0.6 is 0 Å². The lowest BCUT2D eigenvalue weighted by Gasteiger charge is -2.09. The largest absolute Gasteiger partial charge is 0.496 e. The van der Waals surface area contributed by atoms with Gasteiger partial charge in [0.15, 0.2) is 0 Å². The highest BCUT2D eigenvalue weighted by molar-refractivity contribution is 5.71. The minimum atomic E-state index is 0.782. The SMILES string of the molecule is CNCc1c(-c2ccccc2OC)cnn1C. The van der Waals surface area contributed by atoms with Gasteiger partial charge in [0, 0.05) is 24.7 Å². The van der Waals surface area contributed by atoms with Crippen LogP contribution in [-0.4, -0.2) is 23.9 Å². The molecule has 0 saturated heterocycles. The summed E-state index contributed by atoms with van der Waals surface area (Å²) in [7, 11) is 5.57. The molecule has 1 aromatic carbocycles. The van der Waals surface area contributed by atoms with Crippen LogP contribution in [0.4, 0.5) is 0 Å². The van der Waals surface area contributed by atoms with Crippen molar-refractivity contribution in [1.29, 1.82) is 0 Å². The Hall–Kier alpha value is -1.81. The summed E-state index contributed by atoms with van der Waals surface area (Å²) in [5, 5.41) is 7.47. The molecule has 0 atom stereocenters. The first-order chi connectivity index (χ1) is 8.27. The molecule has 4 nitrogen and oxygen atoms in total. The van der Waals surface area contributed by atoms with E-state index in [1.807, 2.05) is 43.2 Å². The van der Waals surface area contributed by atoms with Crippen LogP contribution in [0.2, 0.25) is 0 Å². The highest BCUT2D eigenvalue weighted by Crippen LogP contribution is 2.31. The first-order valence-electron chi connectivity index (χ1n) is 5.56. The summed E-state index contributed by atoms with van der Waals surface area (Å²) < 4.78 is 7.27. The van der Waals surface area contributed by atoms with Crippen LogP contribution in [0.25, 0.3) is 11.1 Å². The highest BCUT2D eigenvalue weighted by atomic mass is 16.5. The summed E-state index contributed by atoms with van der Waals surface area (Å²) in [4.78, 5) is 0. The number of hydrogen-bond acceptors (Lipinski definition) is 3. The monoisotopic (exact) mass is 231 g/mol. The second-order valence-electron chi connectivity index (χ2n) is 3.86. The number of aryl methyl sites for hydroxylation is 1. The summed E-state index contributed by atoms with van der Waals surface area (Å²) in [5.41, 5.74) is 3.34.